The van der Waals surface area contributed by atoms with Gasteiger partial charge in [0.1, 0.15) is 0 Å². The summed E-state index contributed by atoms with van der Waals surface area (Å²) in [6.07, 6.45) is 3.62. The van der Waals surface area contributed by atoms with Gasteiger partial charge < -0.3 is 4.98 Å². The fourth-order valence-corrected chi connectivity index (χ4v) is 0.364. The van der Waals surface area contributed by atoms with Crippen molar-refractivity contribution in [1.82, 2.24) is 4.98 Å². The molecule has 0 amide bonds. The number of hydrogen-bond acceptors (Lipinski definition) is 0. The first-order valence-electron chi connectivity index (χ1n) is 1.93. The Bertz CT molecular complexity index is 112. The summed E-state index contributed by atoms with van der Waals surface area (Å²) in [4.78, 5) is 3.82. The smallest absolute Gasteiger partial charge is 0 e. The van der Waals surface area contributed by atoms with E-state index < -0.39 is 0 Å². The maximum Gasteiger partial charge on any atom is 0 e. The van der Waals surface area contributed by atoms with Crippen LogP contribution in [-0.4, -0.2) is 0 Å². The summed E-state index contributed by atoms with van der Waals surface area (Å²) in [7, 11) is 0. The zero-order chi connectivity index (χ0) is 4.41. The Morgan fingerprint density at radius 2 is 2.29 bits per heavy atom. The van der Waals surface area contributed by atoms with E-state index in [1.54, 1.807) is 6.20 Å². The van der Waals surface area contributed by atoms with Crippen LogP contribution in [-0.2, 0) is 20.4 Å². The molecule has 7 heavy (non-hydrogen) atoms. The number of rotatable bonds is 0. The van der Waals surface area contributed by atoms with Gasteiger partial charge in [0.2, 0.25) is 0 Å². The molecule has 0 aromatic carbocycles. The van der Waals surface area contributed by atoms with E-state index in [9.17, 15) is 0 Å². The van der Waals surface area contributed by atoms with E-state index in [1.165, 1.54) is 5.56 Å². The van der Waals surface area contributed by atoms with Crippen LogP contribution in [0.2, 0.25) is 0 Å². The summed E-state index contributed by atoms with van der Waals surface area (Å²) >= 11 is 0. The Hall–Kier alpha value is -0.0577. The number of aromatic nitrogens is 1. The molecule has 0 bridgehead atoms. The van der Waals surface area contributed by atoms with Crippen LogP contribution >= 0.6 is 0 Å². The summed E-state index contributed by atoms with van der Waals surface area (Å²) in [6.45, 7) is 2.02. The molecule has 0 saturated carbocycles. The van der Waals surface area contributed by atoms with Crippen molar-refractivity contribution in [3.63, 3.8) is 0 Å². The molecule has 2 heteroatoms. The first kappa shape index (κ1) is 6.94. The summed E-state index contributed by atoms with van der Waals surface area (Å²) in [5.74, 6) is 0. The fraction of sp³-hybridized carbons (Fsp3) is 0.200. The quantitative estimate of drug-likeness (QED) is 0.682. The molecule has 0 saturated heterocycles. The molecular weight excluding hydrogens is 260 g/mol. The van der Waals surface area contributed by atoms with Gasteiger partial charge in [-0.2, -0.15) is 12.4 Å². The van der Waals surface area contributed by atoms with E-state index in [1.807, 2.05) is 19.2 Å². The molecule has 0 fully saturated rings. The van der Waals surface area contributed by atoms with Gasteiger partial charge in [-0.3, -0.25) is 0 Å². The van der Waals surface area contributed by atoms with E-state index in [4.69, 9.17) is 0 Å². The molecule has 0 aliphatic heterocycles. The van der Waals surface area contributed by atoms with Crippen LogP contribution in [0, 0.1) is 6.92 Å². The summed E-state index contributed by atoms with van der Waals surface area (Å²) in [5.41, 5.74) is 1.23. The largest absolute Gasteiger partial charge is 0.670 e. The minimum atomic E-state index is 0. The molecule has 0 atom stereocenters. The van der Waals surface area contributed by atoms with Crippen molar-refractivity contribution in [1.29, 1.82) is 0 Å². The van der Waals surface area contributed by atoms with Gasteiger partial charge in [0.15, 0.2) is 0 Å². The van der Waals surface area contributed by atoms with E-state index in [-0.39, 0.29) is 20.4 Å². The maximum atomic E-state index is 3.82. The van der Waals surface area contributed by atoms with Crippen LogP contribution < -0.4 is 4.98 Å². The molecule has 1 heterocycles. The van der Waals surface area contributed by atoms with Gasteiger partial charge >= 0.3 is 0 Å². The van der Waals surface area contributed by atoms with E-state index in [2.05, 4.69) is 4.98 Å². The third-order valence-electron chi connectivity index (χ3n) is 0.702. The zero-order valence-electron chi connectivity index (χ0n) is 4.06. The van der Waals surface area contributed by atoms with Crippen molar-refractivity contribution in [2.45, 2.75) is 6.92 Å². The normalized spacial score (nSPS) is 7.57. The second-order valence-corrected chi connectivity index (χ2v) is 1.34. The molecule has 0 aliphatic carbocycles. The Labute approximate surface area is 56.8 Å². The van der Waals surface area contributed by atoms with Gasteiger partial charge in [-0.1, -0.05) is 11.6 Å². The summed E-state index contributed by atoms with van der Waals surface area (Å²) < 4.78 is 0. The van der Waals surface area contributed by atoms with Crippen molar-refractivity contribution >= 4 is 0 Å². The summed E-state index contributed by atoms with van der Waals surface area (Å²) in [5, 5.41) is 0. The van der Waals surface area contributed by atoms with Crippen molar-refractivity contribution in [3.8, 4) is 0 Å². The molecule has 0 aliphatic rings. The van der Waals surface area contributed by atoms with Crippen LogP contribution in [0.5, 0.6) is 0 Å². The first-order chi connectivity index (χ1) is 2.89. The third kappa shape index (κ3) is 1.92. The van der Waals surface area contributed by atoms with Crippen LogP contribution in [0.4, 0.5) is 0 Å². The SMILES string of the molecule is Cc1cc[n-]c1.[Re]. The molecule has 0 unspecified atom stereocenters. The Morgan fingerprint density at radius 1 is 1.57 bits per heavy atom. The van der Waals surface area contributed by atoms with Gasteiger partial charge in [0.05, 0.1) is 0 Å². The predicted molar refractivity (Wildman–Crippen MR) is 24.5 cm³/mol. The minimum absolute atomic E-state index is 0. The molecule has 0 N–H and O–H groups in total. The summed E-state index contributed by atoms with van der Waals surface area (Å²) in [6, 6.07) is 1.97. The van der Waals surface area contributed by atoms with Gasteiger partial charge in [-0.05, 0) is 6.92 Å². The van der Waals surface area contributed by atoms with Crippen molar-refractivity contribution < 1.29 is 20.4 Å². The number of nitrogens with zero attached hydrogens (tertiary/aromatic N) is 1. The van der Waals surface area contributed by atoms with Crippen LogP contribution in [0.15, 0.2) is 18.5 Å². The van der Waals surface area contributed by atoms with Gasteiger partial charge in [-0.15, -0.1) is 0 Å². The maximum absolute atomic E-state index is 3.82. The Kier molecular flexibility index (Phi) is 2.99. The van der Waals surface area contributed by atoms with E-state index in [0.29, 0.717) is 0 Å². The molecular formula is C5H6NRe-. The Morgan fingerprint density at radius 3 is 2.43 bits per heavy atom. The van der Waals surface area contributed by atoms with Gasteiger partial charge in [-0.25, -0.2) is 0 Å². The minimum Gasteiger partial charge on any atom is -0.670 e. The van der Waals surface area contributed by atoms with Crippen molar-refractivity contribution in [2.75, 3.05) is 0 Å². The fourth-order valence-electron chi connectivity index (χ4n) is 0.364. The molecule has 1 nitrogen and oxygen atoms in total. The van der Waals surface area contributed by atoms with E-state index >= 15 is 0 Å². The van der Waals surface area contributed by atoms with E-state index in [0.717, 1.165) is 0 Å². The molecule has 1 rings (SSSR count). The van der Waals surface area contributed by atoms with Crippen molar-refractivity contribution in [2.24, 2.45) is 0 Å². The van der Waals surface area contributed by atoms with Crippen LogP contribution in [0.1, 0.15) is 5.56 Å². The second-order valence-electron chi connectivity index (χ2n) is 1.34. The topological polar surface area (TPSA) is 14.1 Å². The third-order valence-corrected chi connectivity index (χ3v) is 0.702. The number of hydrogen-bond donors (Lipinski definition) is 0. The van der Waals surface area contributed by atoms with Crippen LogP contribution in [0.3, 0.4) is 0 Å². The van der Waals surface area contributed by atoms with Crippen molar-refractivity contribution in [3.05, 3.63) is 24.0 Å². The molecule has 1 aromatic heterocycles. The second kappa shape index (κ2) is 3.01. The average Bonchev–Trinajstić information content (AvgIpc) is 1.86. The number of aryl methyl sites for hydroxylation is 1. The molecule has 0 spiro atoms. The standard InChI is InChI=1S/C5H6N.Re/c1-5-2-3-6-4-5;/h2-4H,1H3;/q-1;. The molecule has 39 valence electrons. The van der Waals surface area contributed by atoms with Gasteiger partial charge in [0, 0.05) is 20.4 Å². The Balaban J connectivity index is 0.000000360. The van der Waals surface area contributed by atoms with Crippen LogP contribution in [0.25, 0.3) is 0 Å². The zero-order valence-corrected chi connectivity index (χ0v) is 6.77. The predicted octanol–water partition coefficient (Wildman–Crippen LogP) is 0.950. The van der Waals surface area contributed by atoms with Gasteiger partial charge in [0.25, 0.3) is 0 Å². The average molecular weight is 266 g/mol. The molecule has 1 aromatic rings. The first-order valence-corrected chi connectivity index (χ1v) is 1.93. The molecule has 1 radical (unpaired) electrons. The monoisotopic (exact) mass is 267 g/mol.